The molecule has 0 aliphatic heterocycles. The van der Waals surface area contributed by atoms with Crippen molar-refractivity contribution in [1.29, 1.82) is 0 Å². The Labute approximate surface area is 110 Å². The molecule has 1 amide bonds. The third-order valence-electron chi connectivity index (χ3n) is 2.70. The van der Waals surface area contributed by atoms with Gasteiger partial charge in [0.2, 0.25) is 0 Å². The minimum Gasteiger partial charge on any atom is -0.396 e. The lowest BCUT2D eigenvalue weighted by Crippen LogP contribution is -2.15. The summed E-state index contributed by atoms with van der Waals surface area (Å²) in [6.07, 6.45) is 1.57. The molecule has 6 heteroatoms. The number of anilines is 2. The van der Waals surface area contributed by atoms with Gasteiger partial charge < -0.3 is 11.1 Å². The van der Waals surface area contributed by atoms with Crippen LogP contribution in [0.5, 0.6) is 0 Å². The highest BCUT2D eigenvalue weighted by molar-refractivity contribution is 6.06. The molecule has 0 aliphatic carbocycles. The molecule has 5 nitrogen and oxygen atoms in total. The molecule has 0 bridgehead atoms. The molecule has 1 aromatic carbocycles. The van der Waals surface area contributed by atoms with Crippen molar-refractivity contribution >= 4 is 17.3 Å². The largest absolute Gasteiger partial charge is 0.396 e. The number of nitrogens with one attached hydrogen (secondary N) is 1. The number of nitrogen functional groups attached to an aromatic ring is 1. The van der Waals surface area contributed by atoms with Crippen LogP contribution in [0.3, 0.4) is 0 Å². The number of aryl methyl sites for hydroxylation is 2. The fourth-order valence-electron chi connectivity index (χ4n) is 1.69. The molecule has 0 radical (unpaired) electrons. The van der Waals surface area contributed by atoms with Gasteiger partial charge in [0.15, 0.2) is 5.69 Å². The number of hydrogen-bond acceptors (Lipinski definition) is 3. The maximum absolute atomic E-state index is 13.5. The highest BCUT2D eigenvalue weighted by Gasteiger charge is 2.16. The zero-order valence-electron chi connectivity index (χ0n) is 10.8. The van der Waals surface area contributed by atoms with Gasteiger partial charge in [-0.3, -0.25) is 9.48 Å². The van der Waals surface area contributed by atoms with Gasteiger partial charge in [-0.15, -0.1) is 0 Å². The highest BCUT2D eigenvalue weighted by atomic mass is 19.1. The van der Waals surface area contributed by atoms with Gasteiger partial charge >= 0.3 is 0 Å². The van der Waals surface area contributed by atoms with E-state index in [9.17, 15) is 9.18 Å². The first-order chi connectivity index (χ1) is 9.01. The zero-order valence-corrected chi connectivity index (χ0v) is 10.8. The van der Waals surface area contributed by atoms with Crippen LogP contribution in [0.4, 0.5) is 15.8 Å². The molecule has 0 fully saturated rings. The van der Waals surface area contributed by atoms with Gasteiger partial charge in [0.05, 0.1) is 11.4 Å². The zero-order chi connectivity index (χ0) is 14.0. The first-order valence-electron chi connectivity index (χ1n) is 5.91. The first-order valence-corrected chi connectivity index (χ1v) is 5.91. The smallest absolute Gasteiger partial charge is 0.278 e. The second-order valence-corrected chi connectivity index (χ2v) is 4.23. The number of nitrogens with zero attached hydrogens (tertiary/aromatic N) is 2. The fraction of sp³-hybridized carbons (Fsp3) is 0.231. The number of hydrogen-bond donors (Lipinski definition) is 2. The van der Waals surface area contributed by atoms with Crippen molar-refractivity contribution in [2.45, 2.75) is 20.4 Å². The van der Waals surface area contributed by atoms with Crippen molar-refractivity contribution in [3.05, 3.63) is 41.5 Å². The van der Waals surface area contributed by atoms with Crippen molar-refractivity contribution < 1.29 is 9.18 Å². The molecule has 0 unspecified atom stereocenters. The molecule has 3 N–H and O–H groups in total. The summed E-state index contributed by atoms with van der Waals surface area (Å²) in [6, 6.07) is 4.49. The minimum absolute atomic E-state index is 0.0998. The lowest BCUT2D eigenvalue weighted by Gasteiger charge is -2.06. The molecule has 19 heavy (non-hydrogen) atoms. The Bertz CT molecular complexity index is 621. The van der Waals surface area contributed by atoms with E-state index in [-0.39, 0.29) is 17.1 Å². The second-order valence-electron chi connectivity index (χ2n) is 4.23. The monoisotopic (exact) mass is 262 g/mol. The number of rotatable bonds is 3. The summed E-state index contributed by atoms with van der Waals surface area (Å²) in [5.41, 5.74) is 7.04. The number of nitrogens with two attached hydrogens (primary N) is 1. The summed E-state index contributed by atoms with van der Waals surface area (Å²) in [5.74, 6) is -1.01. The predicted molar refractivity (Wildman–Crippen MR) is 71.4 cm³/mol. The Morgan fingerprint density at radius 1 is 1.53 bits per heavy atom. The molecule has 0 saturated carbocycles. The van der Waals surface area contributed by atoms with Crippen LogP contribution in [-0.2, 0) is 6.54 Å². The average Bonchev–Trinajstić information content (AvgIpc) is 2.75. The van der Waals surface area contributed by atoms with E-state index < -0.39 is 11.7 Å². The highest BCUT2D eigenvalue weighted by Crippen LogP contribution is 2.18. The Morgan fingerprint density at radius 3 is 2.89 bits per heavy atom. The normalized spacial score (nSPS) is 10.5. The lowest BCUT2D eigenvalue weighted by atomic mass is 10.2. The number of carbonyl (C=O) groups is 1. The topological polar surface area (TPSA) is 72.9 Å². The van der Waals surface area contributed by atoms with E-state index in [1.54, 1.807) is 23.0 Å². The molecule has 2 aromatic rings. The maximum atomic E-state index is 13.5. The van der Waals surface area contributed by atoms with Crippen LogP contribution >= 0.6 is 0 Å². The quantitative estimate of drug-likeness (QED) is 0.890. The van der Waals surface area contributed by atoms with Crippen molar-refractivity contribution in [2.24, 2.45) is 0 Å². The summed E-state index contributed by atoms with van der Waals surface area (Å²) in [5, 5.41) is 6.51. The van der Waals surface area contributed by atoms with E-state index in [2.05, 4.69) is 10.4 Å². The number of amides is 1. The van der Waals surface area contributed by atoms with Gasteiger partial charge in [0, 0.05) is 12.7 Å². The average molecular weight is 262 g/mol. The Hall–Kier alpha value is -2.37. The molecule has 2 rings (SSSR count). The standard InChI is InChI=1S/C13H15FN4O/c1-3-18-7-10(15)12(17-18)13(19)16-11-6-8(2)4-5-9(11)14/h4-7H,3,15H2,1-2H3,(H,16,19). The van der Waals surface area contributed by atoms with E-state index in [1.807, 2.05) is 13.8 Å². The van der Waals surface area contributed by atoms with Gasteiger partial charge in [-0.05, 0) is 31.5 Å². The predicted octanol–water partition coefficient (Wildman–Crippen LogP) is 2.19. The van der Waals surface area contributed by atoms with Gasteiger partial charge in [-0.1, -0.05) is 6.07 Å². The fourth-order valence-corrected chi connectivity index (χ4v) is 1.69. The van der Waals surface area contributed by atoms with Crippen molar-refractivity contribution in [1.82, 2.24) is 9.78 Å². The van der Waals surface area contributed by atoms with Crippen molar-refractivity contribution in [3.63, 3.8) is 0 Å². The molecule has 100 valence electrons. The lowest BCUT2D eigenvalue weighted by molar-refractivity contribution is 0.102. The Kier molecular flexibility index (Phi) is 3.50. The van der Waals surface area contributed by atoms with Crippen LogP contribution in [0.2, 0.25) is 0 Å². The van der Waals surface area contributed by atoms with Gasteiger partial charge in [-0.2, -0.15) is 5.10 Å². The van der Waals surface area contributed by atoms with E-state index >= 15 is 0 Å². The van der Waals surface area contributed by atoms with E-state index in [4.69, 9.17) is 5.73 Å². The molecule has 0 aliphatic rings. The molecule has 0 atom stereocenters. The van der Waals surface area contributed by atoms with E-state index in [0.29, 0.717) is 6.54 Å². The first kappa shape index (κ1) is 13.1. The molecule has 0 saturated heterocycles. The molecular weight excluding hydrogens is 247 g/mol. The summed E-state index contributed by atoms with van der Waals surface area (Å²) in [7, 11) is 0. The summed E-state index contributed by atoms with van der Waals surface area (Å²) < 4.78 is 15.1. The maximum Gasteiger partial charge on any atom is 0.278 e. The number of halogens is 1. The van der Waals surface area contributed by atoms with Crippen LogP contribution < -0.4 is 11.1 Å². The number of benzene rings is 1. The van der Waals surface area contributed by atoms with Crippen molar-refractivity contribution in [3.8, 4) is 0 Å². The molecular formula is C13H15FN4O. The van der Waals surface area contributed by atoms with Crippen LogP contribution in [-0.4, -0.2) is 15.7 Å². The minimum atomic E-state index is -0.519. The van der Waals surface area contributed by atoms with Crippen molar-refractivity contribution in [2.75, 3.05) is 11.1 Å². The van der Waals surface area contributed by atoms with Gasteiger partial charge in [0.1, 0.15) is 5.82 Å². The summed E-state index contributed by atoms with van der Waals surface area (Å²) >= 11 is 0. The Morgan fingerprint density at radius 2 is 2.26 bits per heavy atom. The third-order valence-corrected chi connectivity index (χ3v) is 2.70. The van der Waals surface area contributed by atoms with Crippen LogP contribution in [0.15, 0.2) is 24.4 Å². The van der Waals surface area contributed by atoms with Crippen LogP contribution in [0.25, 0.3) is 0 Å². The van der Waals surface area contributed by atoms with Gasteiger partial charge in [-0.25, -0.2) is 4.39 Å². The second kappa shape index (κ2) is 5.09. The number of carbonyl (C=O) groups excluding carboxylic acids is 1. The molecule has 1 heterocycles. The van der Waals surface area contributed by atoms with Crippen LogP contribution in [0.1, 0.15) is 23.0 Å². The summed E-state index contributed by atoms with van der Waals surface area (Å²) in [6.45, 7) is 4.31. The number of aromatic nitrogens is 2. The Balaban J connectivity index is 2.25. The SMILES string of the molecule is CCn1cc(N)c(C(=O)Nc2cc(C)ccc2F)n1. The van der Waals surface area contributed by atoms with E-state index in [1.165, 1.54) is 6.07 Å². The van der Waals surface area contributed by atoms with Gasteiger partial charge in [0.25, 0.3) is 5.91 Å². The van der Waals surface area contributed by atoms with Crippen LogP contribution in [0, 0.1) is 12.7 Å². The molecule has 1 aromatic heterocycles. The summed E-state index contributed by atoms with van der Waals surface area (Å²) in [4.78, 5) is 12.0. The molecule has 0 spiro atoms. The third kappa shape index (κ3) is 2.73. The van der Waals surface area contributed by atoms with E-state index in [0.717, 1.165) is 5.56 Å².